The average molecular weight is 414 g/mol. The van der Waals surface area contributed by atoms with Crippen LogP contribution in [0.4, 0.5) is 5.69 Å². The summed E-state index contributed by atoms with van der Waals surface area (Å²) in [5.74, 6) is -0.350. The first kappa shape index (κ1) is 22.7. The molecule has 0 aromatic heterocycles. The molecule has 2 aromatic carbocycles. The van der Waals surface area contributed by atoms with E-state index in [0.29, 0.717) is 23.8 Å². The number of nitrogens with one attached hydrogen (secondary N) is 1. The van der Waals surface area contributed by atoms with E-state index < -0.39 is 18.5 Å². The highest BCUT2D eigenvalue weighted by atomic mass is 16.6. The summed E-state index contributed by atoms with van der Waals surface area (Å²) in [5, 5.41) is 2.70. The van der Waals surface area contributed by atoms with E-state index in [9.17, 15) is 14.4 Å². The molecule has 0 aliphatic carbocycles. The van der Waals surface area contributed by atoms with E-state index in [4.69, 9.17) is 14.2 Å². The summed E-state index contributed by atoms with van der Waals surface area (Å²) < 4.78 is 15.5. The van der Waals surface area contributed by atoms with Gasteiger partial charge >= 0.3 is 5.97 Å². The van der Waals surface area contributed by atoms with Crippen molar-refractivity contribution in [2.75, 3.05) is 38.7 Å². The fourth-order valence-electron chi connectivity index (χ4n) is 2.38. The van der Waals surface area contributed by atoms with Gasteiger partial charge in [-0.15, -0.1) is 0 Å². The molecule has 0 aliphatic rings. The first-order valence-corrected chi connectivity index (χ1v) is 9.49. The Bertz CT molecular complexity index is 849. The fourth-order valence-corrected chi connectivity index (χ4v) is 2.38. The molecule has 30 heavy (non-hydrogen) atoms. The van der Waals surface area contributed by atoms with Gasteiger partial charge in [0, 0.05) is 12.7 Å². The number of carbonyl (C=O) groups excluding carboxylic acids is 3. The van der Waals surface area contributed by atoms with Crippen LogP contribution in [0, 0.1) is 6.92 Å². The molecule has 0 spiro atoms. The molecular formula is C22H26N2O6. The maximum atomic E-state index is 12.1. The van der Waals surface area contributed by atoms with Gasteiger partial charge in [0.25, 0.3) is 5.91 Å². The van der Waals surface area contributed by atoms with Crippen LogP contribution in [0.5, 0.6) is 11.5 Å². The Hall–Kier alpha value is -3.55. The van der Waals surface area contributed by atoms with Crippen LogP contribution in [-0.4, -0.2) is 56.1 Å². The predicted octanol–water partition coefficient (Wildman–Crippen LogP) is 2.41. The molecule has 0 bridgehead atoms. The number of anilines is 1. The van der Waals surface area contributed by atoms with Crippen LogP contribution >= 0.6 is 0 Å². The second kappa shape index (κ2) is 11.5. The third-order valence-electron chi connectivity index (χ3n) is 3.99. The molecule has 0 heterocycles. The smallest absolute Gasteiger partial charge is 0.344 e. The number of carbonyl (C=O) groups is 3. The number of esters is 1. The van der Waals surface area contributed by atoms with Gasteiger partial charge in [-0.05, 0) is 50.2 Å². The van der Waals surface area contributed by atoms with Crippen molar-refractivity contribution < 1.29 is 28.6 Å². The summed E-state index contributed by atoms with van der Waals surface area (Å²) in [5.41, 5.74) is 1.72. The summed E-state index contributed by atoms with van der Waals surface area (Å²) in [6.07, 6.45) is 0. The lowest BCUT2D eigenvalue weighted by atomic mass is 10.2. The van der Waals surface area contributed by atoms with E-state index in [-0.39, 0.29) is 19.1 Å². The number of hydrogen-bond acceptors (Lipinski definition) is 6. The van der Waals surface area contributed by atoms with Crippen molar-refractivity contribution in [2.24, 2.45) is 0 Å². The van der Waals surface area contributed by atoms with Gasteiger partial charge in [-0.25, -0.2) is 4.79 Å². The number of rotatable bonds is 10. The van der Waals surface area contributed by atoms with Crippen molar-refractivity contribution in [3.8, 4) is 11.5 Å². The van der Waals surface area contributed by atoms with Crippen LogP contribution in [0.15, 0.2) is 48.5 Å². The topological polar surface area (TPSA) is 94.2 Å². The maximum absolute atomic E-state index is 12.1. The second-order valence-corrected chi connectivity index (χ2v) is 6.52. The van der Waals surface area contributed by atoms with E-state index in [2.05, 4.69) is 5.32 Å². The number of nitrogens with zero attached hydrogens (tertiary/aromatic N) is 1. The summed E-state index contributed by atoms with van der Waals surface area (Å²) in [7, 11) is 1.46. The molecule has 0 aliphatic heterocycles. The van der Waals surface area contributed by atoms with Crippen LogP contribution in [0.25, 0.3) is 0 Å². The van der Waals surface area contributed by atoms with Crippen molar-refractivity contribution in [1.82, 2.24) is 4.90 Å². The van der Waals surface area contributed by atoms with Crippen LogP contribution in [-0.2, 0) is 19.1 Å². The zero-order chi connectivity index (χ0) is 21.9. The molecule has 2 rings (SSSR count). The van der Waals surface area contributed by atoms with Gasteiger partial charge in [0.15, 0.2) is 13.2 Å². The Morgan fingerprint density at radius 1 is 0.900 bits per heavy atom. The molecule has 0 saturated carbocycles. The quantitative estimate of drug-likeness (QED) is 0.600. The minimum absolute atomic E-state index is 0.160. The Balaban J connectivity index is 1.68. The van der Waals surface area contributed by atoms with Crippen molar-refractivity contribution in [3.63, 3.8) is 0 Å². The average Bonchev–Trinajstić information content (AvgIpc) is 2.73. The Morgan fingerprint density at radius 2 is 1.50 bits per heavy atom. The fraction of sp³-hybridized carbons (Fsp3) is 0.318. The van der Waals surface area contributed by atoms with Gasteiger partial charge in [0.05, 0.1) is 13.2 Å². The highest BCUT2D eigenvalue weighted by Crippen LogP contribution is 2.17. The van der Waals surface area contributed by atoms with Gasteiger partial charge < -0.3 is 24.4 Å². The van der Waals surface area contributed by atoms with Crippen LogP contribution < -0.4 is 14.8 Å². The minimum Gasteiger partial charge on any atom is -0.494 e. The molecule has 0 atom stereocenters. The molecule has 0 unspecified atom stereocenters. The molecule has 8 heteroatoms. The molecule has 160 valence electrons. The summed E-state index contributed by atoms with van der Waals surface area (Å²) in [6, 6.07) is 14.1. The van der Waals surface area contributed by atoms with E-state index in [1.54, 1.807) is 36.4 Å². The zero-order valence-electron chi connectivity index (χ0n) is 17.3. The lowest BCUT2D eigenvalue weighted by Gasteiger charge is -2.17. The standard InChI is InChI=1S/C22H26N2O6/c1-4-28-18-9-11-19(12-10-18)29-15-22(27)30-14-21(26)24(3)13-20(25)23-17-7-5-16(2)6-8-17/h5-12H,4,13-15H2,1-3H3,(H,23,25). The van der Waals surface area contributed by atoms with E-state index >= 15 is 0 Å². The van der Waals surface area contributed by atoms with E-state index in [0.717, 1.165) is 5.56 Å². The third kappa shape index (κ3) is 7.83. The minimum atomic E-state index is -0.685. The third-order valence-corrected chi connectivity index (χ3v) is 3.99. The van der Waals surface area contributed by atoms with Gasteiger partial charge in [0.1, 0.15) is 11.5 Å². The Labute approximate surface area is 175 Å². The van der Waals surface area contributed by atoms with E-state index in [1.165, 1.54) is 11.9 Å². The summed E-state index contributed by atoms with van der Waals surface area (Å²) >= 11 is 0. The van der Waals surface area contributed by atoms with Crippen molar-refractivity contribution >= 4 is 23.5 Å². The largest absolute Gasteiger partial charge is 0.494 e. The van der Waals surface area contributed by atoms with Crippen molar-refractivity contribution in [2.45, 2.75) is 13.8 Å². The molecule has 1 N–H and O–H groups in total. The molecular weight excluding hydrogens is 388 g/mol. The molecule has 0 fully saturated rings. The number of amides is 2. The number of aryl methyl sites for hydroxylation is 1. The van der Waals surface area contributed by atoms with Gasteiger partial charge in [-0.3, -0.25) is 9.59 Å². The Kier molecular flexibility index (Phi) is 8.68. The zero-order valence-corrected chi connectivity index (χ0v) is 17.3. The van der Waals surface area contributed by atoms with Gasteiger partial charge in [-0.2, -0.15) is 0 Å². The molecule has 2 aromatic rings. The first-order valence-electron chi connectivity index (χ1n) is 9.49. The molecule has 0 radical (unpaired) electrons. The first-order chi connectivity index (χ1) is 14.4. The predicted molar refractivity (Wildman–Crippen MR) is 112 cm³/mol. The lowest BCUT2D eigenvalue weighted by molar-refractivity contribution is -0.153. The highest BCUT2D eigenvalue weighted by molar-refractivity contribution is 5.94. The Morgan fingerprint density at radius 3 is 2.10 bits per heavy atom. The molecule has 8 nitrogen and oxygen atoms in total. The van der Waals surface area contributed by atoms with Gasteiger partial charge in [0.2, 0.25) is 5.91 Å². The van der Waals surface area contributed by atoms with Crippen molar-refractivity contribution in [3.05, 3.63) is 54.1 Å². The number of ether oxygens (including phenoxy) is 3. The van der Waals surface area contributed by atoms with Crippen LogP contribution in [0.1, 0.15) is 12.5 Å². The van der Waals surface area contributed by atoms with Crippen molar-refractivity contribution in [1.29, 1.82) is 0 Å². The molecule has 0 saturated heterocycles. The SMILES string of the molecule is CCOc1ccc(OCC(=O)OCC(=O)N(C)CC(=O)Nc2ccc(C)cc2)cc1. The molecule has 2 amide bonds. The maximum Gasteiger partial charge on any atom is 0.344 e. The van der Waals surface area contributed by atoms with Crippen LogP contribution in [0.3, 0.4) is 0 Å². The monoisotopic (exact) mass is 414 g/mol. The summed E-state index contributed by atoms with van der Waals surface area (Å²) in [4.78, 5) is 37.1. The number of hydrogen-bond donors (Lipinski definition) is 1. The van der Waals surface area contributed by atoms with Gasteiger partial charge in [-0.1, -0.05) is 17.7 Å². The van der Waals surface area contributed by atoms with E-state index in [1.807, 2.05) is 26.0 Å². The normalized spacial score (nSPS) is 10.1. The summed E-state index contributed by atoms with van der Waals surface area (Å²) in [6.45, 7) is 3.42. The number of likely N-dealkylation sites (N-methyl/N-ethyl adjacent to an activating group) is 1. The lowest BCUT2D eigenvalue weighted by Crippen LogP contribution is -2.37. The van der Waals surface area contributed by atoms with Crippen LogP contribution in [0.2, 0.25) is 0 Å². The number of benzene rings is 2. The highest BCUT2D eigenvalue weighted by Gasteiger charge is 2.15. The second-order valence-electron chi connectivity index (χ2n) is 6.52.